The van der Waals surface area contributed by atoms with E-state index in [0.717, 1.165) is 5.69 Å². The van der Waals surface area contributed by atoms with Gasteiger partial charge in [-0.3, -0.25) is 0 Å². The average Bonchev–Trinajstić information content (AvgIpc) is 2.65. The van der Waals surface area contributed by atoms with E-state index in [4.69, 9.17) is 5.73 Å². The van der Waals surface area contributed by atoms with Crippen molar-refractivity contribution < 1.29 is 0 Å². The molecule has 0 unspecified atom stereocenters. The van der Waals surface area contributed by atoms with Crippen molar-refractivity contribution in [2.45, 2.75) is 19.8 Å². The van der Waals surface area contributed by atoms with Gasteiger partial charge in [0.25, 0.3) is 0 Å². The molecule has 0 radical (unpaired) electrons. The minimum atomic E-state index is 0.478. The van der Waals surface area contributed by atoms with E-state index in [1.54, 1.807) is 6.07 Å². The summed E-state index contributed by atoms with van der Waals surface area (Å²) in [4.78, 5) is 0. The highest BCUT2D eigenvalue weighted by Crippen LogP contribution is 2.22. The van der Waals surface area contributed by atoms with Crippen LogP contribution in [0.25, 0.3) is 5.69 Å². The molecule has 0 atom stereocenters. The monoisotopic (exact) mass is 201 g/mol. The van der Waals surface area contributed by atoms with Crippen LogP contribution < -0.4 is 5.73 Å². The zero-order valence-corrected chi connectivity index (χ0v) is 9.01. The minimum Gasteiger partial charge on any atom is -0.382 e. The van der Waals surface area contributed by atoms with E-state index >= 15 is 0 Å². The standard InChI is InChI=1S/C12H15N3/c1-9(2)10-5-3-4-6-11(10)15-8-7-12(13)14-15/h3-9H,1-2H3,(H2,13,14). The van der Waals surface area contributed by atoms with Gasteiger partial charge in [0.15, 0.2) is 0 Å². The number of para-hydroxylation sites is 1. The quantitative estimate of drug-likeness (QED) is 0.811. The van der Waals surface area contributed by atoms with Crippen molar-refractivity contribution in [3.05, 3.63) is 42.1 Å². The second-order valence-electron chi connectivity index (χ2n) is 3.90. The first-order valence-electron chi connectivity index (χ1n) is 5.09. The molecule has 1 aromatic heterocycles. The number of nitrogen functional groups attached to an aromatic ring is 1. The number of anilines is 1. The highest BCUT2D eigenvalue weighted by atomic mass is 15.3. The van der Waals surface area contributed by atoms with Crippen LogP contribution in [-0.2, 0) is 0 Å². The Balaban J connectivity index is 2.52. The molecule has 3 nitrogen and oxygen atoms in total. The predicted molar refractivity (Wildman–Crippen MR) is 62.1 cm³/mol. The van der Waals surface area contributed by atoms with Gasteiger partial charge in [-0.15, -0.1) is 0 Å². The normalized spacial score (nSPS) is 10.9. The molecule has 0 amide bonds. The zero-order valence-electron chi connectivity index (χ0n) is 9.01. The fourth-order valence-electron chi connectivity index (χ4n) is 1.66. The summed E-state index contributed by atoms with van der Waals surface area (Å²) in [5.41, 5.74) is 7.99. The number of benzene rings is 1. The highest BCUT2D eigenvalue weighted by Gasteiger charge is 2.07. The van der Waals surface area contributed by atoms with E-state index in [1.807, 2.05) is 23.0 Å². The molecule has 0 fully saturated rings. The van der Waals surface area contributed by atoms with Gasteiger partial charge in [0, 0.05) is 12.3 Å². The van der Waals surface area contributed by atoms with Crippen LogP contribution in [0.1, 0.15) is 25.3 Å². The van der Waals surface area contributed by atoms with Gasteiger partial charge in [-0.25, -0.2) is 4.68 Å². The van der Waals surface area contributed by atoms with Crippen molar-refractivity contribution in [2.24, 2.45) is 0 Å². The third-order valence-electron chi connectivity index (χ3n) is 2.42. The molecule has 2 rings (SSSR count). The molecule has 1 heterocycles. The smallest absolute Gasteiger partial charge is 0.145 e. The van der Waals surface area contributed by atoms with Gasteiger partial charge in [0.05, 0.1) is 5.69 Å². The van der Waals surface area contributed by atoms with Crippen LogP contribution in [0.4, 0.5) is 5.82 Å². The second-order valence-corrected chi connectivity index (χ2v) is 3.90. The minimum absolute atomic E-state index is 0.478. The lowest BCUT2D eigenvalue weighted by Crippen LogP contribution is -2.02. The number of rotatable bonds is 2. The van der Waals surface area contributed by atoms with Gasteiger partial charge < -0.3 is 5.73 Å². The van der Waals surface area contributed by atoms with Gasteiger partial charge in [-0.05, 0) is 17.5 Å². The van der Waals surface area contributed by atoms with E-state index in [2.05, 4.69) is 31.1 Å². The summed E-state index contributed by atoms with van der Waals surface area (Å²) in [7, 11) is 0. The van der Waals surface area contributed by atoms with Crippen molar-refractivity contribution >= 4 is 5.82 Å². The Bertz CT molecular complexity index is 457. The van der Waals surface area contributed by atoms with Crippen LogP contribution in [0.3, 0.4) is 0 Å². The summed E-state index contributed by atoms with van der Waals surface area (Å²) < 4.78 is 1.82. The van der Waals surface area contributed by atoms with Crippen molar-refractivity contribution in [1.29, 1.82) is 0 Å². The number of nitrogens with zero attached hydrogens (tertiary/aromatic N) is 2. The molecular weight excluding hydrogens is 186 g/mol. The Labute approximate surface area is 89.5 Å². The van der Waals surface area contributed by atoms with Crippen LogP contribution in [0.2, 0.25) is 0 Å². The number of hydrogen-bond donors (Lipinski definition) is 1. The first-order valence-corrected chi connectivity index (χ1v) is 5.09. The van der Waals surface area contributed by atoms with Gasteiger partial charge in [-0.1, -0.05) is 32.0 Å². The zero-order chi connectivity index (χ0) is 10.8. The van der Waals surface area contributed by atoms with E-state index in [-0.39, 0.29) is 0 Å². The fraction of sp³-hybridized carbons (Fsp3) is 0.250. The molecule has 0 saturated carbocycles. The molecule has 15 heavy (non-hydrogen) atoms. The van der Waals surface area contributed by atoms with Gasteiger partial charge in [0.2, 0.25) is 0 Å². The molecular formula is C12H15N3. The summed E-state index contributed by atoms with van der Waals surface area (Å²) in [5, 5.41) is 4.22. The van der Waals surface area contributed by atoms with Gasteiger partial charge >= 0.3 is 0 Å². The van der Waals surface area contributed by atoms with Crippen LogP contribution in [0, 0.1) is 0 Å². The van der Waals surface area contributed by atoms with Crippen LogP contribution >= 0.6 is 0 Å². The molecule has 1 aromatic carbocycles. The lowest BCUT2D eigenvalue weighted by atomic mass is 10.0. The SMILES string of the molecule is CC(C)c1ccccc1-n1ccc(N)n1. The number of hydrogen-bond acceptors (Lipinski definition) is 2. The Morgan fingerprint density at radius 2 is 1.93 bits per heavy atom. The van der Waals surface area contributed by atoms with E-state index in [9.17, 15) is 0 Å². The molecule has 0 saturated heterocycles. The third kappa shape index (κ3) is 1.86. The lowest BCUT2D eigenvalue weighted by molar-refractivity contribution is 0.811. The Hall–Kier alpha value is -1.77. The van der Waals surface area contributed by atoms with E-state index in [1.165, 1.54) is 5.56 Å². The molecule has 0 aliphatic heterocycles. The summed E-state index contributed by atoms with van der Waals surface area (Å²) >= 11 is 0. The fourth-order valence-corrected chi connectivity index (χ4v) is 1.66. The van der Waals surface area contributed by atoms with Crippen LogP contribution in [-0.4, -0.2) is 9.78 Å². The molecule has 0 aliphatic rings. The van der Waals surface area contributed by atoms with Crippen molar-refractivity contribution in [3.63, 3.8) is 0 Å². The molecule has 0 bridgehead atoms. The predicted octanol–water partition coefficient (Wildman–Crippen LogP) is 2.58. The van der Waals surface area contributed by atoms with Crippen LogP contribution in [0.15, 0.2) is 36.5 Å². The largest absolute Gasteiger partial charge is 0.382 e. The average molecular weight is 201 g/mol. The molecule has 0 aliphatic carbocycles. The summed E-state index contributed by atoms with van der Waals surface area (Å²) in [5.74, 6) is 1.03. The number of aromatic nitrogens is 2. The Kier molecular flexibility index (Phi) is 2.46. The topological polar surface area (TPSA) is 43.8 Å². The maximum absolute atomic E-state index is 5.61. The van der Waals surface area contributed by atoms with Crippen LogP contribution in [0.5, 0.6) is 0 Å². The van der Waals surface area contributed by atoms with Crippen molar-refractivity contribution in [3.8, 4) is 5.69 Å². The Morgan fingerprint density at radius 3 is 2.53 bits per heavy atom. The van der Waals surface area contributed by atoms with E-state index < -0.39 is 0 Å². The molecule has 3 heteroatoms. The van der Waals surface area contributed by atoms with Crippen molar-refractivity contribution in [1.82, 2.24) is 9.78 Å². The van der Waals surface area contributed by atoms with Gasteiger partial charge in [0.1, 0.15) is 5.82 Å². The van der Waals surface area contributed by atoms with Crippen molar-refractivity contribution in [2.75, 3.05) is 5.73 Å². The molecule has 2 N–H and O–H groups in total. The summed E-state index contributed by atoms with van der Waals surface area (Å²) in [6.45, 7) is 4.34. The molecule has 78 valence electrons. The summed E-state index contributed by atoms with van der Waals surface area (Å²) in [6, 6.07) is 10.0. The van der Waals surface area contributed by atoms with Gasteiger partial charge in [-0.2, -0.15) is 5.10 Å². The Morgan fingerprint density at radius 1 is 1.20 bits per heavy atom. The second kappa shape index (κ2) is 3.77. The third-order valence-corrected chi connectivity index (χ3v) is 2.42. The first kappa shape index (κ1) is 9.77. The number of nitrogens with two attached hydrogens (primary N) is 1. The molecule has 2 aromatic rings. The highest BCUT2D eigenvalue weighted by molar-refractivity contribution is 5.43. The maximum Gasteiger partial charge on any atom is 0.145 e. The van der Waals surface area contributed by atoms with E-state index in [0.29, 0.717) is 11.7 Å². The lowest BCUT2D eigenvalue weighted by Gasteiger charge is -2.11. The maximum atomic E-state index is 5.61. The summed E-state index contributed by atoms with van der Waals surface area (Å²) in [6.07, 6.45) is 1.89. The molecule has 0 spiro atoms. The first-order chi connectivity index (χ1) is 7.18.